The standard InChI is InChI=1S/C9H15N3/c1-7-11-6-9-8(2-4-10)3-5-12(7)9/h6,8H,2-5,10H2,1H3. The highest BCUT2D eigenvalue weighted by Crippen LogP contribution is 2.30. The molecule has 1 aliphatic rings. The Morgan fingerprint density at radius 1 is 1.75 bits per heavy atom. The van der Waals surface area contributed by atoms with Gasteiger partial charge < -0.3 is 10.3 Å². The summed E-state index contributed by atoms with van der Waals surface area (Å²) in [6.45, 7) is 3.98. The van der Waals surface area contributed by atoms with Crippen molar-refractivity contribution in [1.29, 1.82) is 0 Å². The number of hydrogen-bond donors (Lipinski definition) is 1. The number of nitrogens with two attached hydrogens (primary N) is 1. The predicted octanol–water partition coefficient (Wildman–Crippen LogP) is 1.03. The van der Waals surface area contributed by atoms with Crippen molar-refractivity contribution < 1.29 is 0 Å². The normalized spacial score (nSPS) is 21.3. The minimum Gasteiger partial charge on any atom is -0.332 e. The highest BCUT2D eigenvalue weighted by atomic mass is 15.1. The van der Waals surface area contributed by atoms with Crippen molar-refractivity contribution in [1.82, 2.24) is 9.55 Å². The van der Waals surface area contributed by atoms with Gasteiger partial charge in [0, 0.05) is 24.4 Å². The fourth-order valence-electron chi connectivity index (χ4n) is 2.03. The van der Waals surface area contributed by atoms with Gasteiger partial charge in [0.25, 0.3) is 0 Å². The summed E-state index contributed by atoms with van der Waals surface area (Å²) in [5.74, 6) is 1.81. The van der Waals surface area contributed by atoms with E-state index in [1.807, 2.05) is 6.20 Å². The number of aryl methyl sites for hydroxylation is 1. The second kappa shape index (κ2) is 2.90. The molecule has 0 spiro atoms. The Morgan fingerprint density at radius 2 is 2.58 bits per heavy atom. The van der Waals surface area contributed by atoms with Crippen molar-refractivity contribution in [3.8, 4) is 0 Å². The molecule has 12 heavy (non-hydrogen) atoms. The van der Waals surface area contributed by atoms with Gasteiger partial charge >= 0.3 is 0 Å². The zero-order valence-corrected chi connectivity index (χ0v) is 7.45. The Kier molecular flexibility index (Phi) is 1.89. The van der Waals surface area contributed by atoms with Crippen LogP contribution in [0.2, 0.25) is 0 Å². The average molecular weight is 165 g/mol. The Labute approximate surface area is 72.6 Å². The maximum absolute atomic E-state index is 5.54. The van der Waals surface area contributed by atoms with Crippen LogP contribution in [0.5, 0.6) is 0 Å². The molecule has 0 aliphatic carbocycles. The third-order valence-corrected chi connectivity index (χ3v) is 2.72. The lowest BCUT2D eigenvalue weighted by Gasteiger charge is -2.04. The third-order valence-electron chi connectivity index (χ3n) is 2.72. The molecule has 0 aromatic carbocycles. The molecule has 0 radical (unpaired) electrons. The Bertz CT molecular complexity index is 277. The molecular weight excluding hydrogens is 150 g/mol. The molecule has 1 unspecified atom stereocenters. The van der Waals surface area contributed by atoms with Gasteiger partial charge in [0.05, 0.1) is 0 Å². The van der Waals surface area contributed by atoms with E-state index >= 15 is 0 Å². The molecule has 0 fully saturated rings. The number of imidazole rings is 1. The van der Waals surface area contributed by atoms with E-state index in [4.69, 9.17) is 5.73 Å². The molecule has 2 N–H and O–H groups in total. The summed E-state index contributed by atoms with van der Waals surface area (Å²) in [7, 11) is 0. The molecule has 3 heteroatoms. The van der Waals surface area contributed by atoms with Gasteiger partial charge in [-0.2, -0.15) is 0 Å². The summed E-state index contributed by atoms with van der Waals surface area (Å²) in [4.78, 5) is 4.29. The van der Waals surface area contributed by atoms with Gasteiger partial charge in [-0.25, -0.2) is 4.98 Å². The summed E-state index contributed by atoms with van der Waals surface area (Å²) in [5.41, 5.74) is 6.93. The molecule has 1 atom stereocenters. The molecule has 0 saturated carbocycles. The molecule has 1 aromatic heterocycles. The van der Waals surface area contributed by atoms with Crippen molar-refractivity contribution in [2.75, 3.05) is 6.54 Å². The van der Waals surface area contributed by atoms with Crippen LogP contribution in [-0.4, -0.2) is 16.1 Å². The lowest BCUT2D eigenvalue weighted by Crippen LogP contribution is -2.04. The van der Waals surface area contributed by atoms with E-state index in [-0.39, 0.29) is 0 Å². The van der Waals surface area contributed by atoms with Crippen LogP contribution >= 0.6 is 0 Å². The summed E-state index contributed by atoms with van der Waals surface area (Å²) in [6.07, 6.45) is 4.35. The second-order valence-electron chi connectivity index (χ2n) is 3.44. The minimum absolute atomic E-state index is 0.663. The van der Waals surface area contributed by atoms with E-state index in [1.165, 1.54) is 12.1 Å². The van der Waals surface area contributed by atoms with E-state index in [0.29, 0.717) is 5.92 Å². The third kappa shape index (κ3) is 1.05. The van der Waals surface area contributed by atoms with Crippen LogP contribution in [0.15, 0.2) is 6.20 Å². The summed E-state index contributed by atoms with van der Waals surface area (Å²) < 4.78 is 2.31. The van der Waals surface area contributed by atoms with Crippen LogP contribution in [0, 0.1) is 6.92 Å². The van der Waals surface area contributed by atoms with Gasteiger partial charge in [-0.3, -0.25) is 0 Å². The zero-order chi connectivity index (χ0) is 8.55. The highest BCUT2D eigenvalue weighted by Gasteiger charge is 2.23. The minimum atomic E-state index is 0.663. The van der Waals surface area contributed by atoms with E-state index in [9.17, 15) is 0 Å². The number of fused-ring (bicyclic) bond motifs is 1. The smallest absolute Gasteiger partial charge is 0.105 e. The highest BCUT2D eigenvalue weighted by molar-refractivity contribution is 5.14. The van der Waals surface area contributed by atoms with Crippen molar-refractivity contribution in [3.63, 3.8) is 0 Å². The molecule has 66 valence electrons. The van der Waals surface area contributed by atoms with Gasteiger partial charge in [0.2, 0.25) is 0 Å². The van der Waals surface area contributed by atoms with E-state index < -0.39 is 0 Å². The van der Waals surface area contributed by atoms with Crippen molar-refractivity contribution in [3.05, 3.63) is 17.7 Å². The van der Waals surface area contributed by atoms with Crippen molar-refractivity contribution in [2.45, 2.75) is 32.2 Å². The van der Waals surface area contributed by atoms with Crippen molar-refractivity contribution >= 4 is 0 Å². The number of aromatic nitrogens is 2. The largest absolute Gasteiger partial charge is 0.332 e. The summed E-state index contributed by atoms with van der Waals surface area (Å²) in [6, 6.07) is 0. The van der Waals surface area contributed by atoms with Gasteiger partial charge in [0.1, 0.15) is 5.82 Å². The molecule has 2 rings (SSSR count). The van der Waals surface area contributed by atoms with Gasteiger partial charge in [-0.15, -0.1) is 0 Å². The Morgan fingerprint density at radius 3 is 3.33 bits per heavy atom. The SMILES string of the molecule is Cc1ncc2n1CCC2CCN. The van der Waals surface area contributed by atoms with Crippen LogP contribution in [-0.2, 0) is 6.54 Å². The molecular formula is C9H15N3. The van der Waals surface area contributed by atoms with Crippen LogP contribution in [0.3, 0.4) is 0 Å². The lowest BCUT2D eigenvalue weighted by molar-refractivity contribution is 0.614. The van der Waals surface area contributed by atoms with E-state index in [1.54, 1.807) is 0 Å². The molecule has 1 aromatic rings. The van der Waals surface area contributed by atoms with Gasteiger partial charge in [-0.1, -0.05) is 0 Å². The maximum atomic E-state index is 5.54. The quantitative estimate of drug-likeness (QED) is 0.711. The molecule has 0 bridgehead atoms. The Hall–Kier alpha value is -0.830. The first kappa shape index (κ1) is 7.80. The first-order chi connectivity index (χ1) is 5.83. The Balaban J connectivity index is 2.24. The van der Waals surface area contributed by atoms with Crippen LogP contribution in [0.25, 0.3) is 0 Å². The fourth-order valence-corrected chi connectivity index (χ4v) is 2.03. The summed E-state index contributed by atoms with van der Waals surface area (Å²) >= 11 is 0. The molecule has 3 nitrogen and oxygen atoms in total. The molecule has 0 amide bonds. The average Bonchev–Trinajstić information content (AvgIpc) is 2.58. The first-order valence-corrected chi connectivity index (χ1v) is 4.55. The topological polar surface area (TPSA) is 43.8 Å². The maximum Gasteiger partial charge on any atom is 0.105 e. The van der Waals surface area contributed by atoms with Crippen LogP contribution < -0.4 is 5.73 Å². The van der Waals surface area contributed by atoms with Gasteiger partial charge in [0.15, 0.2) is 0 Å². The zero-order valence-electron chi connectivity index (χ0n) is 7.45. The second-order valence-corrected chi connectivity index (χ2v) is 3.44. The first-order valence-electron chi connectivity index (χ1n) is 4.55. The van der Waals surface area contributed by atoms with Crippen LogP contribution in [0.1, 0.15) is 30.3 Å². The van der Waals surface area contributed by atoms with Gasteiger partial charge in [-0.05, 0) is 26.3 Å². The van der Waals surface area contributed by atoms with E-state index in [0.717, 1.165) is 25.3 Å². The molecule has 0 saturated heterocycles. The lowest BCUT2D eigenvalue weighted by atomic mass is 10.0. The van der Waals surface area contributed by atoms with Crippen molar-refractivity contribution in [2.24, 2.45) is 5.73 Å². The molecule has 1 aliphatic heterocycles. The molecule has 2 heterocycles. The fraction of sp³-hybridized carbons (Fsp3) is 0.667. The van der Waals surface area contributed by atoms with Crippen LogP contribution in [0.4, 0.5) is 0 Å². The predicted molar refractivity (Wildman–Crippen MR) is 48.0 cm³/mol. The van der Waals surface area contributed by atoms with E-state index in [2.05, 4.69) is 16.5 Å². The summed E-state index contributed by atoms with van der Waals surface area (Å²) in [5, 5.41) is 0. The number of nitrogens with zero attached hydrogens (tertiary/aromatic N) is 2. The number of hydrogen-bond acceptors (Lipinski definition) is 2. The monoisotopic (exact) mass is 165 g/mol. The number of rotatable bonds is 2.